The van der Waals surface area contributed by atoms with Crippen LogP contribution in [0.5, 0.6) is 0 Å². The van der Waals surface area contributed by atoms with Crippen molar-refractivity contribution in [2.75, 3.05) is 6.54 Å². The fourth-order valence-corrected chi connectivity index (χ4v) is 1.57. The summed E-state index contributed by atoms with van der Waals surface area (Å²) in [5.41, 5.74) is 4.51. The van der Waals surface area contributed by atoms with Crippen molar-refractivity contribution in [1.29, 1.82) is 0 Å². The summed E-state index contributed by atoms with van der Waals surface area (Å²) < 4.78 is 37.3. The minimum absolute atomic E-state index is 0.0528. The molecular weight excluding hydrogens is 275 g/mol. The molecule has 1 aromatic rings. The summed E-state index contributed by atoms with van der Waals surface area (Å²) in [5.74, 6) is 0. The Morgan fingerprint density at radius 1 is 1.40 bits per heavy atom. The van der Waals surface area contributed by atoms with Crippen LogP contribution in [-0.4, -0.2) is 11.7 Å². The molecule has 2 nitrogen and oxygen atoms in total. The average molecular weight is 284 g/mol. The summed E-state index contributed by atoms with van der Waals surface area (Å²) in [5, 5.41) is 9.30. The minimum atomic E-state index is -4.44. The molecule has 0 aliphatic carbocycles. The van der Waals surface area contributed by atoms with Crippen molar-refractivity contribution >= 4 is 15.9 Å². The van der Waals surface area contributed by atoms with Gasteiger partial charge in [0.2, 0.25) is 0 Å². The third kappa shape index (κ3) is 2.93. The number of rotatable bonds is 2. The SMILES string of the molecule is NC[C@@H](O)c1ccc(Br)c(C(F)(F)F)c1. The highest BCUT2D eigenvalue weighted by Crippen LogP contribution is 2.36. The zero-order valence-electron chi connectivity index (χ0n) is 7.55. The van der Waals surface area contributed by atoms with Gasteiger partial charge in [-0.05, 0) is 17.7 Å². The molecule has 84 valence electrons. The number of hydrogen-bond donors (Lipinski definition) is 2. The second kappa shape index (κ2) is 4.51. The van der Waals surface area contributed by atoms with Crippen LogP contribution in [-0.2, 0) is 6.18 Å². The highest BCUT2D eigenvalue weighted by molar-refractivity contribution is 9.10. The lowest BCUT2D eigenvalue weighted by molar-refractivity contribution is -0.138. The molecule has 0 fully saturated rings. The van der Waals surface area contributed by atoms with Gasteiger partial charge in [0, 0.05) is 11.0 Å². The van der Waals surface area contributed by atoms with Crippen LogP contribution in [0.15, 0.2) is 22.7 Å². The van der Waals surface area contributed by atoms with Gasteiger partial charge in [0.1, 0.15) is 0 Å². The van der Waals surface area contributed by atoms with Gasteiger partial charge in [-0.25, -0.2) is 0 Å². The number of aliphatic hydroxyl groups is 1. The van der Waals surface area contributed by atoms with Gasteiger partial charge in [-0.15, -0.1) is 0 Å². The van der Waals surface area contributed by atoms with Crippen molar-refractivity contribution in [3.05, 3.63) is 33.8 Å². The van der Waals surface area contributed by atoms with E-state index in [2.05, 4.69) is 15.9 Å². The second-order valence-electron chi connectivity index (χ2n) is 2.99. The van der Waals surface area contributed by atoms with E-state index in [1.54, 1.807) is 0 Å². The topological polar surface area (TPSA) is 46.2 Å². The van der Waals surface area contributed by atoms with Gasteiger partial charge < -0.3 is 10.8 Å². The first-order chi connectivity index (χ1) is 6.86. The van der Waals surface area contributed by atoms with Gasteiger partial charge >= 0.3 is 6.18 Å². The molecule has 1 aromatic carbocycles. The number of alkyl halides is 3. The maximum Gasteiger partial charge on any atom is 0.417 e. The Labute approximate surface area is 93.0 Å². The highest BCUT2D eigenvalue weighted by atomic mass is 79.9. The van der Waals surface area contributed by atoms with Crippen LogP contribution in [0.25, 0.3) is 0 Å². The molecule has 1 rings (SSSR count). The summed E-state index contributed by atoms with van der Waals surface area (Å²) in [7, 11) is 0. The van der Waals surface area contributed by atoms with E-state index in [1.807, 2.05) is 0 Å². The van der Waals surface area contributed by atoms with E-state index in [0.29, 0.717) is 0 Å². The highest BCUT2D eigenvalue weighted by Gasteiger charge is 2.33. The number of hydrogen-bond acceptors (Lipinski definition) is 2. The van der Waals surface area contributed by atoms with Crippen LogP contribution in [0.1, 0.15) is 17.2 Å². The lowest BCUT2D eigenvalue weighted by atomic mass is 10.1. The molecule has 15 heavy (non-hydrogen) atoms. The van der Waals surface area contributed by atoms with Crippen molar-refractivity contribution in [1.82, 2.24) is 0 Å². The Morgan fingerprint density at radius 2 is 2.00 bits per heavy atom. The van der Waals surface area contributed by atoms with E-state index in [0.717, 1.165) is 6.07 Å². The molecule has 0 aliphatic rings. The van der Waals surface area contributed by atoms with Gasteiger partial charge in [-0.2, -0.15) is 13.2 Å². The standard InChI is InChI=1S/C9H9BrF3NO/c10-7-2-1-5(8(15)4-14)3-6(7)9(11,12)13/h1-3,8,15H,4,14H2/t8-/m1/s1. The zero-order valence-corrected chi connectivity index (χ0v) is 9.14. The molecule has 0 aliphatic heterocycles. The summed E-state index contributed by atoms with van der Waals surface area (Å²) >= 11 is 2.80. The summed E-state index contributed by atoms with van der Waals surface area (Å²) in [4.78, 5) is 0. The van der Waals surface area contributed by atoms with Crippen LogP contribution in [0.3, 0.4) is 0 Å². The van der Waals surface area contributed by atoms with E-state index < -0.39 is 17.8 Å². The molecule has 0 aromatic heterocycles. The molecule has 0 saturated carbocycles. The maximum absolute atomic E-state index is 12.5. The molecule has 0 saturated heterocycles. The van der Waals surface area contributed by atoms with Crippen LogP contribution in [0.2, 0.25) is 0 Å². The molecule has 0 spiro atoms. The Morgan fingerprint density at radius 3 is 2.47 bits per heavy atom. The molecule has 3 N–H and O–H groups in total. The zero-order chi connectivity index (χ0) is 11.6. The second-order valence-corrected chi connectivity index (χ2v) is 3.84. The molecule has 6 heteroatoms. The first-order valence-corrected chi connectivity index (χ1v) is 4.90. The quantitative estimate of drug-likeness (QED) is 0.876. The predicted molar refractivity (Wildman–Crippen MR) is 53.2 cm³/mol. The van der Waals surface area contributed by atoms with Gasteiger partial charge in [0.25, 0.3) is 0 Å². The predicted octanol–water partition coefficient (Wildman–Crippen LogP) is 2.46. The molecular formula is C9H9BrF3NO. The fraction of sp³-hybridized carbons (Fsp3) is 0.333. The Kier molecular flexibility index (Phi) is 3.75. The first kappa shape index (κ1) is 12.5. The van der Waals surface area contributed by atoms with Crippen molar-refractivity contribution in [2.24, 2.45) is 5.73 Å². The van der Waals surface area contributed by atoms with Crippen molar-refractivity contribution in [2.45, 2.75) is 12.3 Å². The van der Waals surface area contributed by atoms with E-state index in [4.69, 9.17) is 5.73 Å². The monoisotopic (exact) mass is 283 g/mol. The summed E-state index contributed by atoms with van der Waals surface area (Å²) in [6, 6.07) is 3.54. The largest absolute Gasteiger partial charge is 0.417 e. The molecule has 0 bridgehead atoms. The van der Waals surface area contributed by atoms with Crippen LogP contribution >= 0.6 is 15.9 Å². The van der Waals surface area contributed by atoms with Crippen LogP contribution in [0.4, 0.5) is 13.2 Å². The molecule has 0 radical (unpaired) electrons. The Bertz CT molecular complexity index is 354. The third-order valence-corrected chi connectivity index (χ3v) is 2.60. The lowest BCUT2D eigenvalue weighted by Gasteiger charge is -2.13. The fourth-order valence-electron chi connectivity index (χ4n) is 1.10. The number of halogens is 4. The van der Waals surface area contributed by atoms with E-state index >= 15 is 0 Å². The van der Waals surface area contributed by atoms with Gasteiger partial charge in [-0.1, -0.05) is 22.0 Å². The normalized spacial score (nSPS) is 14.0. The van der Waals surface area contributed by atoms with Crippen molar-refractivity contribution in [3.8, 4) is 0 Å². The van der Waals surface area contributed by atoms with E-state index in [-0.39, 0.29) is 16.6 Å². The van der Waals surface area contributed by atoms with Crippen molar-refractivity contribution in [3.63, 3.8) is 0 Å². The van der Waals surface area contributed by atoms with Gasteiger partial charge in [0.15, 0.2) is 0 Å². The van der Waals surface area contributed by atoms with Gasteiger partial charge in [0.05, 0.1) is 11.7 Å². The number of benzene rings is 1. The molecule has 0 unspecified atom stereocenters. The minimum Gasteiger partial charge on any atom is -0.387 e. The number of aliphatic hydroxyl groups excluding tert-OH is 1. The Balaban J connectivity index is 3.17. The van der Waals surface area contributed by atoms with E-state index in [9.17, 15) is 18.3 Å². The molecule has 0 amide bonds. The van der Waals surface area contributed by atoms with Gasteiger partial charge in [-0.3, -0.25) is 0 Å². The lowest BCUT2D eigenvalue weighted by Crippen LogP contribution is -2.13. The summed E-state index contributed by atoms with van der Waals surface area (Å²) in [6.45, 7) is -0.112. The third-order valence-electron chi connectivity index (χ3n) is 1.90. The maximum atomic E-state index is 12.5. The average Bonchev–Trinajstić information content (AvgIpc) is 2.15. The smallest absolute Gasteiger partial charge is 0.387 e. The molecule has 0 heterocycles. The first-order valence-electron chi connectivity index (χ1n) is 4.11. The number of nitrogens with two attached hydrogens (primary N) is 1. The van der Waals surface area contributed by atoms with Crippen molar-refractivity contribution < 1.29 is 18.3 Å². The molecule has 1 atom stereocenters. The summed E-state index contributed by atoms with van der Waals surface area (Å²) in [6.07, 6.45) is -5.51. The Hall–Kier alpha value is -0.590. The van der Waals surface area contributed by atoms with E-state index in [1.165, 1.54) is 12.1 Å². The van der Waals surface area contributed by atoms with Crippen LogP contribution < -0.4 is 5.73 Å². The van der Waals surface area contributed by atoms with Crippen LogP contribution in [0, 0.1) is 0 Å².